The van der Waals surface area contributed by atoms with Gasteiger partial charge in [0, 0.05) is 5.02 Å². The standard InChI is InChI=1S/C11H11ClO3/c1-2-10(7-14)15-11-4-3-9(12)5-8(11)6-13/h3-7,10H,2H2,1H3. The molecule has 0 fully saturated rings. The monoisotopic (exact) mass is 226 g/mol. The SMILES string of the molecule is CCC(C=O)Oc1ccc(Cl)cc1C=O. The summed E-state index contributed by atoms with van der Waals surface area (Å²) in [5, 5.41) is 0.462. The molecule has 0 radical (unpaired) electrons. The largest absolute Gasteiger partial charge is 0.482 e. The first-order valence-electron chi connectivity index (χ1n) is 4.58. The van der Waals surface area contributed by atoms with Gasteiger partial charge in [-0.05, 0) is 24.6 Å². The van der Waals surface area contributed by atoms with Gasteiger partial charge in [0.05, 0.1) is 5.56 Å². The minimum absolute atomic E-state index is 0.350. The third-order valence-electron chi connectivity index (χ3n) is 1.93. The van der Waals surface area contributed by atoms with Gasteiger partial charge < -0.3 is 4.74 Å². The van der Waals surface area contributed by atoms with Crippen molar-refractivity contribution < 1.29 is 14.3 Å². The number of carbonyl (C=O) groups excluding carboxylic acids is 2. The van der Waals surface area contributed by atoms with E-state index in [-0.39, 0.29) is 0 Å². The van der Waals surface area contributed by atoms with Crippen molar-refractivity contribution in [3.63, 3.8) is 0 Å². The number of benzene rings is 1. The van der Waals surface area contributed by atoms with Gasteiger partial charge in [0.2, 0.25) is 0 Å². The summed E-state index contributed by atoms with van der Waals surface area (Å²) in [6.45, 7) is 1.83. The fraction of sp³-hybridized carbons (Fsp3) is 0.273. The topological polar surface area (TPSA) is 43.4 Å². The molecule has 0 aliphatic heterocycles. The minimum atomic E-state index is -0.523. The average molecular weight is 227 g/mol. The van der Waals surface area contributed by atoms with Gasteiger partial charge in [-0.1, -0.05) is 18.5 Å². The number of hydrogen-bond donors (Lipinski definition) is 0. The van der Waals surface area contributed by atoms with Crippen LogP contribution >= 0.6 is 11.6 Å². The molecule has 0 heterocycles. The number of ether oxygens (including phenoxy) is 1. The Bertz CT molecular complexity index is 363. The highest BCUT2D eigenvalue weighted by atomic mass is 35.5. The molecule has 0 spiro atoms. The van der Waals surface area contributed by atoms with E-state index in [2.05, 4.69) is 0 Å². The maximum Gasteiger partial charge on any atom is 0.160 e. The van der Waals surface area contributed by atoms with Crippen LogP contribution in [0, 0.1) is 0 Å². The first-order valence-corrected chi connectivity index (χ1v) is 4.95. The van der Waals surface area contributed by atoms with Gasteiger partial charge in [0.25, 0.3) is 0 Å². The predicted octanol–water partition coefficient (Wildman–Crippen LogP) is 2.51. The summed E-state index contributed by atoms with van der Waals surface area (Å²) >= 11 is 5.72. The molecule has 1 aromatic carbocycles. The highest BCUT2D eigenvalue weighted by molar-refractivity contribution is 6.30. The van der Waals surface area contributed by atoms with Crippen molar-refractivity contribution in [2.75, 3.05) is 0 Å². The van der Waals surface area contributed by atoms with Crippen LogP contribution in [0.5, 0.6) is 5.75 Å². The molecule has 80 valence electrons. The maximum absolute atomic E-state index is 10.7. The first-order chi connectivity index (χ1) is 7.21. The smallest absolute Gasteiger partial charge is 0.160 e. The Labute approximate surface area is 93.0 Å². The molecule has 1 rings (SSSR count). The zero-order valence-corrected chi connectivity index (χ0v) is 9.03. The summed E-state index contributed by atoms with van der Waals surface area (Å²) in [5.74, 6) is 0.383. The predicted molar refractivity (Wildman–Crippen MR) is 57.6 cm³/mol. The number of halogens is 1. The van der Waals surface area contributed by atoms with Crippen molar-refractivity contribution in [3.8, 4) is 5.75 Å². The molecule has 1 aromatic rings. The number of rotatable bonds is 5. The van der Waals surface area contributed by atoms with Crippen LogP contribution in [0.3, 0.4) is 0 Å². The molecule has 15 heavy (non-hydrogen) atoms. The van der Waals surface area contributed by atoms with E-state index in [9.17, 15) is 9.59 Å². The van der Waals surface area contributed by atoms with Gasteiger partial charge in [0.15, 0.2) is 18.7 Å². The molecule has 0 aliphatic rings. The highest BCUT2D eigenvalue weighted by Gasteiger charge is 2.09. The van der Waals surface area contributed by atoms with Crippen molar-refractivity contribution in [1.82, 2.24) is 0 Å². The van der Waals surface area contributed by atoms with E-state index >= 15 is 0 Å². The van der Waals surface area contributed by atoms with Gasteiger partial charge in [-0.3, -0.25) is 9.59 Å². The molecule has 0 amide bonds. The van der Waals surface area contributed by atoms with Crippen molar-refractivity contribution in [3.05, 3.63) is 28.8 Å². The summed E-state index contributed by atoms with van der Waals surface area (Å²) in [5.41, 5.74) is 0.350. The number of aldehydes is 2. The third-order valence-corrected chi connectivity index (χ3v) is 2.17. The molecule has 3 nitrogen and oxygen atoms in total. The van der Waals surface area contributed by atoms with Crippen LogP contribution in [0.2, 0.25) is 5.02 Å². The van der Waals surface area contributed by atoms with E-state index in [0.29, 0.717) is 35.3 Å². The Morgan fingerprint density at radius 3 is 2.73 bits per heavy atom. The fourth-order valence-electron chi connectivity index (χ4n) is 1.09. The van der Waals surface area contributed by atoms with Crippen LogP contribution in [0.15, 0.2) is 18.2 Å². The molecule has 0 aliphatic carbocycles. The van der Waals surface area contributed by atoms with Crippen molar-refractivity contribution in [2.45, 2.75) is 19.4 Å². The second-order valence-electron chi connectivity index (χ2n) is 3.00. The Hall–Kier alpha value is -1.35. The molecule has 1 atom stereocenters. The second-order valence-corrected chi connectivity index (χ2v) is 3.44. The van der Waals surface area contributed by atoms with Crippen LogP contribution in [0.25, 0.3) is 0 Å². The minimum Gasteiger partial charge on any atom is -0.482 e. The lowest BCUT2D eigenvalue weighted by atomic mass is 10.2. The number of carbonyl (C=O) groups is 2. The summed E-state index contributed by atoms with van der Waals surface area (Å²) in [4.78, 5) is 21.3. The van der Waals surface area contributed by atoms with E-state index < -0.39 is 6.10 Å². The Kier molecular flexibility index (Phi) is 4.31. The maximum atomic E-state index is 10.7. The molecule has 0 bridgehead atoms. The highest BCUT2D eigenvalue weighted by Crippen LogP contribution is 2.22. The molecule has 1 unspecified atom stereocenters. The molecular weight excluding hydrogens is 216 g/mol. The molecule has 0 aromatic heterocycles. The average Bonchev–Trinajstić information content (AvgIpc) is 2.27. The molecule has 4 heteroatoms. The summed E-state index contributed by atoms with van der Waals surface area (Å²) in [7, 11) is 0. The van der Waals surface area contributed by atoms with Crippen LogP contribution in [-0.4, -0.2) is 18.7 Å². The molecule has 0 saturated carbocycles. The van der Waals surface area contributed by atoms with E-state index in [1.165, 1.54) is 6.07 Å². The zero-order valence-electron chi connectivity index (χ0n) is 8.27. The van der Waals surface area contributed by atoms with Crippen molar-refractivity contribution in [1.29, 1.82) is 0 Å². The lowest BCUT2D eigenvalue weighted by molar-refractivity contribution is -0.113. The van der Waals surface area contributed by atoms with Gasteiger partial charge >= 0.3 is 0 Å². The normalized spacial score (nSPS) is 11.9. The fourth-order valence-corrected chi connectivity index (χ4v) is 1.27. The lowest BCUT2D eigenvalue weighted by Crippen LogP contribution is -2.17. The first kappa shape index (κ1) is 11.7. The van der Waals surface area contributed by atoms with E-state index in [1.54, 1.807) is 12.1 Å². The third kappa shape index (κ3) is 3.06. The Balaban J connectivity index is 2.93. The van der Waals surface area contributed by atoms with Crippen LogP contribution in [0.4, 0.5) is 0 Å². The van der Waals surface area contributed by atoms with Gasteiger partial charge in [-0.2, -0.15) is 0 Å². The Morgan fingerprint density at radius 1 is 1.47 bits per heavy atom. The lowest BCUT2D eigenvalue weighted by Gasteiger charge is -2.12. The number of hydrogen-bond acceptors (Lipinski definition) is 3. The van der Waals surface area contributed by atoms with Gasteiger partial charge in [-0.25, -0.2) is 0 Å². The van der Waals surface area contributed by atoms with E-state index in [0.717, 1.165) is 0 Å². The molecule has 0 N–H and O–H groups in total. The van der Waals surface area contributed by atoms with Crippen LogP contribution < -0.4 is 4.74 Å². The second kappa shape index (κ2) is 5.51. The van der Waals surface area contributed by atoms with Gasteiger partial charge in [-0.15, -0.1) is 0 Å². The zero-order chi connectivity index (χ0) is 11.3. The van der Waals surface area contributed by atoms with Gasteiger partial charge in [0.1, 0.15) is 5.75 Å². The van der Waals surface area contributed by atoms with Crippen LogP contribution in [-0.2, 0) is 4.79 Å². The van der Waals surface area contributed by atoms with E-state index in [1.807, 2.05) is 6.92 Å². The quantitative estimate of drug-likeness (QED) is 0.725. The van der Waals surface area contributed by atoms with Crippen molar-refractivity contribution >= 4 is 24.2 Å². The summed E-state index contributed by atoms with van der Waals surface area (Å²) < 4.78 is 5.33. The summed E-state index contributed by atoms with van der Waals surface area (Å²) in [6, 6.07) is 4.70. The van der Waals surface area contributed by atoms with Crippen LogP contribution in [0.1, 0.15) is 23.7 Å². The molecular formula is C11H11ClO3. The van der Waals surface area contributed by atoms with Crippen molar-refractivity contribution in [2.24, 2.45) is 0 Å². The Morgan fingerprint density at radius 2 is 2.20 bits per heavy atom. The summed E-state index contributed by atoms with van der Waals surface area (Å²) in [6.07, 6.45) is 1.40. The molecule has 0 saturated heterocycles. The van der Waals surface area contributed by atoms with E-state index in [4.69, 9.17) is 16.3 Å².